The van der Waals surface area contributed by atoms with Gasteiger partial charge in [-0.3, -0.25) is 9.59 Å². The van der Waals surface area contributed by atoms with Crippen LogP contribution >= 0.6 is 22.9 Å². The summed E-state index contributed by atoms with van der Waals surface area (Å²) in [6, 6.07) is 6.91. The number of esters is 1. The number of anilines is 1. The largest absolute Gasteiger partial charge is 0.465 e. The number of aryl methyl sites for hydroxylation is 1. The molecule has 4 rings (SSSR count). The number of fused-ring (bicyclic) bond motifs is 1. The minimum absolute atomic E-state index is 0.211. The number of halogens is 1. The van der Waals surface area contributed by atoms with Gasteiger partial charge in [-0.2, -0.15) is 0 Å². The van der Waals surface area contributed by atoms with Crippen LogP contribution in [0.25, 0.3) is 0 Å². The van der Waals surface area contributed by atoms with Gasteiger partial charge in [0, 0.05) is 15.5 Å². The van der Waals surface area contributed by atoms with Crippen LogP contribution in [0.2, 0.25) is 5.02 Å². The number of carbonyl (C=O) groups excluding carboxylic acids is 3. The van der Waals surface area contributed by atoms with Crippen molar-refractivity contribution in [2.75, 3.05) is 12.0 Å². The molecule has 2 atom stereocenters. The van der Waals surface area contributed by atoms with E-state index in [0.717, 1.165) is 9.78 Å². The summed E-state index contributed by atoms with van der Waals surface area (Å²) in [5.74, 6) is -2.58. The highest BCUT2D eigenvalue weighted by Gasteiger charge is 2.57. The Kier molecular flexibility index (Phi) is 4.47. The fraction of sp³-hybridized carbons (Fsp3) is 0.263. The maximum absolute atomic E-state index is 13.2. The normalized spacial score (nSPS) is 20.9. The molecule has 144 valence electrons. The van der Waals surface area contributed by atoms with E-state index in [2.05, 4.69) is 5.16 Å². The molecule has 28 heavy (non-hydrogen) atoms. The summed E-state index contributed by atoms with van der Waals surface area (Å²) in [7, 11) is 1.26. The fourth-order valence-corrected chi connectivity index (χ4v) is 4.77. The maximum Gasteiger partial charge on any atom is 0.341 e. The number of benzene rings is 1. The van der Waals surface area contributed by atoms with Gasteiger partial charge in [-0.05, 0) is 25.5 Å². The molecule has 0 unspecified atom stereocenters. The topological polar surface area (TPSA) is 85.3 Å². The molecule has 2 amide bonds. The fourth-order valence-electron chi connectivity index (χ4n) is 3.38. The predicted octanol–water partition coefficient (Wildman–Crippen LogP) is 3.10. The van der Waals surface area contributed by atoms with Gasteiger partial charge in [0.2, 0.25) is 12.0 Å². The van der Waals surface area contributed by atoms with E-state index in [9.17, 15) is 14.4 Å². The van der Waals surface area contributed by atoms with E-state index in [1.807, 2.05) is 6.92 Å². The molecule has 2 aliphatic rings. The first-order valence-electron chi connectivity index (χ1n) is 8.41. The van der Waals surface area contributed by atoms with Crippen LogP contribution in [0.4, 0.5) is 5.00 Å². The predicted molar refractivity (Wildman–Crippen MR) is 104 cm³/mol. The van der Waals surface area contributed by atoms with E-state index in [4.69, 9.17) is 21.2 Å². The van der Waals surface area contributed by atoms with E-state index in [1.54, 1.807) is 31.2 Å². The Labute approximate surface area is 169 Å². The monoisotopic (exact) mass is 418 g/mol. The molecule has 0 aliphatic carbocycles. The van der Waals surface area contributed by atoms with Crippen LogP contribution in [0.3, 0.4) is 0 Å². The van der Waals surface area contributed by atoms with Gasteiger partial charge in [0.15, 0.2) is 0 Å². The number of carbonyl (C=O) groups is 3. The van der Waals surface area contributed by atoms with Crippen molar-refractivity contribution in [2.24, 2.45) is 11.1 Å². The molecule has 2 aromatic rings. The molecule has 1 fully saturated rings. The summed E-state index contributed by atoms with van der Waals surface area (Å²) in [6.07, 6.45) is -1.08. The van der Waals surface area contributed by atoms with Gasteiger partial charge in [-0.1, -0.05) is 35.0 Å². The van der Waals surface area contributed by atoms with Crippen molar-refractivity contribution >= 4 is 51.4 Å². The van der Waals surface area contributed by atoms with Crippen LogP contribution in [-0.2, 0) is 19.2 Å². The molecule has 3 heterocycles. The van der Waals surface area contributed by atoms with Gasteiger partial charge in [-0.15, -0.1) is 11.3 Å². The molecule has 0 N–H and O–H groups in total. The van der Waals surface area contributed by atoms with Gasteiger partial charge >= 0.3 is 5.97 Å². The molecule has 0 saturated carbocycles. The number of ether oxygens (including phenoxy) is 1. The molecule has 0 radical (unpaired) electrons. The first-order valence-corrected chi connectivity index (χ1v) is 9.61. The van der Waals surface area contributed by atoms with Crippen LogP contribution in [0, 0.1) is 19.8 Å². The van der Waals surface area contributed by atoms with Crippen molar-refractivity contribution in [3.05, 3.63) is 50.9 Å². The highest BCUT2D eigenvalue weighted by atomic mass is 35.5. The SMILES string of the molecule is COC(=O)c1c(N2C(=O)[C@H]3C(c4ccccc4Cl)=NO[C@H]3C2=O)sc(C)c1C. The number of thiophene rings is 1. The van der Waals surface area contributed by atoms with Crippen molar-refractivity contribution in [1.82, 2.24) is 0 Å². The lowest BCUT2D eigenvalue weighted by atomic mass is 9.94. The summed E-state index contributed by atoms with van der Waals surface area (Å²) >= 11 is 7.43. The molecule has 0 spiro atoms. The zero-order valence-electron chi connectivity index (χ0n) is 15.2. The van der Waals surface area contributed by atoms with Gasteiger partial charge < -0.3 is 9.57 Å². The van der Waals surface area contributed by atoms with Crippen molar-refractivity contribution in [2.45, 2.75) is 20.0 Å². The Morgan fingerprint density at radius 2 is 1.96 bits per heavy atom. The van der Waals surface area contributed by atoms with Crippen molar-refractivity contribution in [1.29, 1.82) is 0 Å². The Morgan fingerprint density at radius 1 is 1.25 bits per heavy atom. The molecule has 1 aromatic heterocycles. The van der Waals surface area contributed by atoms with Gasteiger partial charge in [0.25, 0.3) is 5.91 Å². The first-order chi connectivity index (χ1) is 13.4. The van der Waals surface area contributed by atoms with Crippen LogP contribution in [-0.4, -0.2) is 36.7 Å². The number of nitrogens with zero attached hydrogens (tertiary/aromatic N) is 2. The zero-order valence-corrected chi connectivity index (χ0v) is 16.8. The smallest absolute Gasteiger partial charge is 0.341 e. The van der Waals surface area contributed by atoms with Gasteiger partial charge in [0.1, 0.15) is 16.6 Å². The van der Waals surface area contributed by atoms with Crippen molar-refractivity contribution < 1.29 is 24.0 Å². The van der Waals surface area contributed by atoms with E-state index >= 15 is 0 Å². The van der Waals surface area contributed by atoms with E-state index < -0.39 is 29.8 Å². The second-order valence-electron chi connectivity index (χ2n) is 6.43. The summed E-state index contributed by atoms with van der Waals surface area (Å²) in [4.78, 5) is 45.6. The number of methoxy groups -OCH3 is 1. The molecular formula is C19H15ClN2O5S. The van der Waals surface area contributed by atoms with Crippen LogP contribution in [0.5, 0.6) is 0 Å². The molecule has 9 heteroatoms. The standard InChI is InChI=1S/C19H15ClN2O5S/c1-8-9(2)28-18(12(8)19(25)26-3)22-16(23)13-14(21-27-15(13)17(22)24)10-6-4-5-7-11(10)20/h4-7,13,15H,1-3H3/t13-,15+/m0/s1. The number of oxime groups is 1. The number of amides is 2. The minimum atomic E-state index is -1.08. The van der Waals surface area contributed by atoms with E-state index in [-0.39, 0.29) is 10.6 Å². The highest BCUT2D eigenvalue weighted by molar-refractivity contribution is 7.17. The van der Waals surface area contributed by atoms with Crippen LogP contribution in [0.1, 0.15) is 26.4 Å². The summed E-state index contributed by atoms with van der Waals surface area (Å²) in [6.45, 7) is 3.56. The lowest BCUT2D eigenvalue weighted by Gasteiger charge is -2.15. The highest BCUT2D eigenvalue weighted by Crippen LogP contribution is 2.42. The Balaban J connectivity index is 1.78. The van der Waals surface area contributed by atoms with Gasteiger partial charge in [0.05, 0.1) is 12.7 Å². The average molecular weight is 419 g/mol. The summed E-state index contributed by atoms with van der Waals surface area (Å²) in [5.41, 5.74) is 1.72. The van der Waals surface area contributed by atoms with E-state index in [1.165, 1.54) is 18.4 Å². The molecule has 0 bridgehead atoms. The Hall–Kier alpha value is -2.71. The van der Waals surface area contributed by atoms with Crippen LogP contribution in [0.15, 0.2) is 29.4 Å². The average Bonchev–Trinajstić information content (AvgIpc) is 3.30. The molecule has 1 saturated heterocycles. The molecule has 1 aromatic carbocycles. The maximum atomic E-state index is 13.2. The molecule has 7 nitrogen and oxygen atoms in total. The summed E-state index contributed by atoms with van der Waals surface area (Å²) in [5, 5.41) is 4.60. The van der Waals surface area contributed by atoms with E-state index in [0.29, 0.717) is 21.9 Å². The van der Waals surface area contributed by atoms with Gasteiger partial charge in [-0.25, -0.2) is 9.69 Å². The van der Waals surface area contributed by atoms with Crippen molar-refractivity contribution in [3.63, 3.8) is 0 Å². The summed E-state index contributed by atoms with van der Waals surface area (Å²) < 4.78 is 4.85. The third-order valence-electron chi connectivity index (χ3n) is 4.92. The third kappa shape index (κ3) is 2.56. The zero-order chi connectivity index (χ0) is 20.2. The second-order valence-corrected chi connectivity index (χ2v) is 8.04. The number of hydrogen-bond donors (Lipinski definition) is 0. The molecule has 2 aliphatic heterocycles. The minimum Gasteiger partial charge on any atom is -0.465 e. The second kappa shape index (κ2) is 6.72. The molecular weight excluding hydrogens is 404 g/mol. The quantitative estimate of drug-likeness (QED) is 0.564. The number of imide groups is 1. The Bertz CT molecular complexity index is 1060. The Morgan fingerprint density at radius 3 is 2.64 bits per heavy atom. The number of rotatable bonds is 3. The number of hydrogen-bond acceptors (Lipinski definition) is 7. The first kappa shape index (κ1) is 18.6. The lowest BCUT2D eigenvalue weighted by molar-refractivity contribution is -0.126. The van der Waals surface area contributed by atoms with Crippen LogP contribution < -0.4 is 4.90 Å². The van der Waals surface area contributed by atoms with Crippen molar-refractivity contribution in [3.8, 4) is 0 Å². The lowest BCUT2D eigenvalue weighted by Crippen LogP contribution is -2.33. The third-order valence-corrected chi connectivity index (χ3v) is 6.44.